The van der Waals surface area contributed by atoms with Gasteiger partial charge < -0.3 is 4.52 Å². The van der Waals surface area contributed by atoms with Gasteiger partial charge in [0.25, 0.3) is 0 Å². The Bertz CT molecular complexity index is 280. The lowest BCUT2D eigenvalue weighted by atomic mass is 10.2. The number of nitrogens with zero attached hydrogens (tertiary/aromatic N) is 2. The molecule has 1 aliphatic rings. The molecule has 0 aliphatic carbocycles. The van der Waals surface area contributed by atoms with Gasteiger partial charge in [0.15, 0.2) is 0 Å². The van der Waals surface area contributed by atoms with Crippen LogP contribution in [0.3, 0.4) is 0 Å². The molecule has 1 aromatic rings. The van der Waals surface area contributed by atoms with E-state index in [0.717, 1.165) is 12.2 Å². The van der Waals surface area contributed by atoms with Crippen molar-refractivity contribution in [1.29, 1.82) is 0 Å². The molecule has 1 unspecified atom stereocenters. The number of hydrogen-bond acceptors (Lipinski definition) is 2. The molecule has 0 fully saturated rings. The Morgan fingerprint density at radius 2 is 2.43 bits per heavy atom. The van der Waals surface area contributed by atoms with Gasteiger partial charge in [0.05, 0.1) is 18.8 Å². The molecule has 2 rings (SSSR count). The summed E-state index contributed by atoms with van der Waals surface area (Å²) in [7, 11) is 0. The molecule has 0 N–H and O–H groups in total. The van der Waals surface area contributed by atoms with Gasteiger partial charge in [0, 0.05) is 12.2 Å². The Balaban J connectivity index is 2.06. The Hall–Kier alpha value is 0.330. The van der Waals surface area contributed by atoms with E-state index in [2.05, 4.69) is 37.9 Å². The maximum absolute atomic E-state index is 5.37. The van der Waals surface area contributed by atoms with Gasteiger partial charge in [-0.3, -0.25) is 4.68 Å². The molecule has 1 aliphatic heterocycles. The summed E-state index contributed by atoms with van der Waals surface area (Å²) in [6.45, 7) is 2.28. The molecule has 2 heterocycles. The van der Waals surface area contributed by atoms with Gasteiger partial charge >= 0.3 is 0 Å². The van der Waals surface area contributed by atoms with E-state index in [1.807, 2.05) is 0 Å². The summed E-state index contributed by atoms with van der Waals surface area (Å²) < 4.78 is 7.52. The lowest BCUT2D eigenvalue weighted by Gasteiger charge is -1.99. The summed E-state index contributed by atoms with van der Waals surface area (Å²) in [5, 5.41) is 4.54. The largest absolute Gasteiger partial charge is 0.345 e. The lowest BCUT2D eigenvalue weighted by molar-refractivity contribution is 0.351. The van der Waals surface area contributed by atoms with Crippen LogP contribution in [-0.4, -0.2) is 9.78 Å². The van der Waals surface area contributed by atoms with Crippen LogP contribution < -0.4 is 0 Å². The van der Waals surface area contributed by atoms with Crippen molar-refractivity contribution in [3.8, 4) is 0 Å². The minimum Gasteiger partial charge on any atom is -0.345 e. The summed E-state index contributed by atoms with van der Waals surface area (Å²) in [5.41, 5.74) is 2.48. The molecule has 3 nitrogen and oxygen atoms in total. The molecule has 0 radical (unpaired) electrons. The van der Waals surface area contributed by atoms with Gasteiger partial charge in [-0.1, -0.05) is 6.42 Å². The van der Waals surface area contributed by atoms with Crippen molar-refractivity contribution in [3.63, 3.8) is 0 Å². The Labute approximate surface area is 98.9 Å². The van der Waals surface area contributed by atoms with Crippen LogP contribution in [0.2, 0.25) is 0 Å². The average Bonchev–Trinajstić information content (AvgIpc) is 2.46. The highest BCUT2D eigenvalue weighted by atomic mass is 127. The molecule has 0 saturated carbocycles. The molecule has 78 valence electrons. The third-order valence-corrected chi connectivity index (χ3v) is 3.68. The molecule has 0 amide bonds. The van der Waals surface area contributed by atoms with Crippen LogP contribution in [0, 0.1) is 0 Å². The van der Waals surface area contributed by atoms with E-state index in [1.54, 1.807) is 0 Å². The maximum Gasteiger partial charge on any atom is 0.0956 e. The van der Waals surface area contributed by atoms with E-state index in [9.17, 15) is 0 Å². The van der Waals surface area contributed by atoms with E-state index in [4.69, 9.17) is 4.52 Å². The van der Waals surface area contributed by atoms with Gasteiger partial charge in [-0.2, -0.15) is 5.10 Å². The van der Waals surface area contributed by atoms with E-state index < -0.39 is 0 Å². The zero-order valence-electron chi connectivity index (χ0n) is 8.00. The second kappa shape index (κ2) is 5.42. The predicted molar refractivity (Wildman–Crippen MR) is 66.9 cm³/mol. The monoisotopic (exact) mass is 324 g/mol. The highest BCUT2D eigenvalue weighted by Crippen LogP contribution is 2.24. The van der Waals surface area contributed by atoms with E-state index in [1.165, 1.54) is 31.4 Å². The van der Waals surface area contributed by atoms with Crippen molar-refractivity contribution < 1.29 is 4.52 Å². The third-order valence-electron chi connectivity index (χ3n) is 2.49. The zero-order valence-corrected chi connectivity index (χ0v) is 11.2. The van der Waals surface area contributed by atoms with Crippen molar-refractivity contribution >= 4 is 28.5 Å². The first-order valence-electron chi connectivity index (χ1n) is 4.93. The molecule has 1 atom stereocenters. The van der Waals surface area contributed by atoms with Gasteiger partial charge in [0.1, 0.15) is 0 Å². The number of rotatable bonds is 3. The zero-order chi connectivity index (χ0) is 9.80. The van der Waals surface area contributed by atoms with Gasteiger partial charge in [0.2, 0.25) is 0 Å². The molecule has 5 heteroatoms. The Kier molecular flexibility index (Phi) is 4.20. The number of hydrogen-bond donors (Lipinski definition) is 0. The van der Waals surface area contributed by atoms with Crippen molar-refractivity contribution in [1.82, 2.24) is 9.78 Å². The smallest absolute Gasteiger partial charge is 0.0956 e. The quantitative estimate of drug-likeness (QED) is 0.631. The summed E-state index contributed by atoms with van der Waals surface area (Å²) in [6.07, 6.45) is 5.09. The van der Waals surface area contributed by atoms with Crippen LogP contribution in [0.4, 0.5) is 0 Å². The van der Waals surface area contributed by atoms with Crippen LogP contribution >= 0.6 is 28.5 Å². The molecule has 1 aromatic heterocycles. The molecule has 0 saturated heterocycles. The summed E-state index contributed by atoms with van der Waals surface area (Å²) >= 11 is 2.24. The first-order chi connectivity index (χ1) is 6.90. The van der Waals surface area contributed by atoms with Crippen molar-refractivity contribution in [2.75, 3.05) is 0 Å². The maximum atomic E-state index is 5.37. The van der Waals surface area contributed by atoms with Gasteiger partial charge in [-0.05, 0) is 47.4 Å². The second-order valence-corrected chi connectivity index (χ2v) is 5.29. The molecule has 0 aromatic carbocycles. The van der Waals surface area contributed by atoms with Crippen LogP contribution in [0.5, 0.6) is 0 Å². The van der Waals surface area contributed by atoms with Crippen LogP contribution in [-0.2, 0) is 24.1 Å². The van der Waals surface area contributed by atoms with Crippen molar-refractivity contribution in [2.24, 2.45) is 0 Å². The first kappa shape index (κ1) is 10.8. The topological polar surface area (TPSA) is 27.1 Å². The minimum atomic E-state index is 0.526. The predicted octanol–water partition coefficient (Wildman–Crippen LogP) is 3.07. The molecular formula is C9H14IN2OP. The Morgan fingerprint density at radius 3 is 3.29 bits per heavy atom. The fraction of sp³-hybridized carbons (Fsp3) is 0.667. The highest BCUT2D eigenvalue weighted by Gasteiger charge is 2.10. The van der Waals surface area contributed by atoms with Gasteiger partial charge in [-0.25, -0.2) is 0 Å². The molecular weight excluding hydrogens is 310 g/mol. The van der Waals surface area contributed by atoms with E-state index in [0.29, 0.717) is 13.1 Å². The summed E-state index contributed by atoms with van der Waals surface area (Å²) in [6, 6.07) is 2.20. The van der Waals surface area contributed by atoms with E-state index in [-0.39, 0.29) is 0 Å². The number of aromatic nitrogens is 2. The lowest BCUT2D eigenvalue weighted by Crippen LogP contribution is -2.02. The highest BCUT2D eigenvalue weighted by molar-refractivity contribution is 14.2. The van der Waals surface area contributed by atoms with Crippen LogP contribution in [0.15, 0.2) is 6.07 Å². The van der Waals surface area contributed by atoms with Crippen LogP contribution in [0.25, 0.3) is 0 Å². The minimum absolute atomic E-state index is 0.526. The van der Waals surface area contributed by atoms with Crippen molar-refractivity contribution in [2.45, 2.75) is 38.8 Å². The fourth-order valence-electron chi connectivity index (χ4n) is 1.83. The standard InChI is InChI=1S/C9H14IN2OP/c10-14-13-7-8-6-9-4-2-1-3-5-12(9)11-8/h6,14H,1-5,7H2. The number of halogens is 1. The summed E-state index contributed by atoms with van der Waals surface area (Å²) in [4.78, 5) is 0. The summed E-state index contributed by atoms with van der Waals surface area (Å²) in [5.74, 6) is 0. The van der Waals surface area contributed by atoms with Crippen molar-refractivity contribution in [3.05, 3.63) is 17.5 Å². The average molecular weight is 324 g/mol. The second-order valence-electron chi connectivity index (χ2n) is 3.53. The Morgan fingerprint density at radius 1 is 1.50 bits per heavy atom. The molecule has 14 heavy (non-hydrogen) atoms. The fourth-order valence-corrected chi connectivity index (χ4v) is 2.50. The number of fused-ring (bicyclic) bond motifs is 1. The third kappa shape index (κ3) is 2.67. The first-order valence-corrected chi connectivity index (χ1v) is 8.95. The normalized spacial score (nSPS) is 17.2. The molecule has 0 spiro atoms. The van der Waals surface area contributed by atoms with Gasteiger partial charge in [-0.15, -0.1) is 0 Å². The molecule has 0 bridgehead atoms. The number of aryl methyl sites for hydroxylation is 2. The van der Waals surface area contributed by atoms with Crippen LogP contribution in [0.1, 0.15) is 30.7 Å². The van der Waals surface area contributed by atoms with E-state index >= 15 is 0 Å². The SMILES string of the molecule is IPOCc1cc2n(n1)CCCCC2.